The smallest absolute Gasteiger partial charge is 0.456 e. The highest BCUT2D eigenvalue weighted by Crippen LogP contribution is 2.64. The second-order valence-corrected chi connectivity index (χ2v) is 18.7. The van der Waals surface area contributed by atoms with Crippen molar-refractivity contribution < 1.29 is 77.2 Å². The topological polar surface area (TPSA) is 240 Å². The first kappa shape index (κ1) is 45.6. The number of thiophene rings is 1. The van der Waals surface area contributed by atoms with Crippen molar-refractivity contribution in [1.82, 2.24) is 5.32 Å². The number of hydrogen-bond acceptors (Lipinski definition) is 17. The zero-order valence-corrected chi connectivity index (χ0v) is 36.2. The van der Waals surface area contributed by atoms with Crippen LogP contribution in [0.25, 0.3) is 0 Å². The third-order valence-corrected chi connectivity index (χ3v) is 13.6. The van der Waals surface area contributed by atoms with E-state index in [0.717, 1.165) is 25.4 Å². The van der Waals surface area contributed by atoms with Gasteiger partial charge in [0, 0.05) is 30.1 Å². The van der Waals surface area contributed by atoms with Gasteiger partial charge in [-0.1, -0.05) is 38.1 Å². The number of ketones is 1. The number of carbonyl (C=O) groups is 6. The average molecular weight is 872 g/mol. The lowest BCUT2D eigenvalue weighted by Crippen LogP contribution is -2.82. The lowest BCUT2D eigenvalue weighted by Gasteiger charge is -2.67. The predicted molar refractivity (Wildman–Crippen MR) is 213 cm³/mol. The lowest BCUT2D eigenvalue weighted by atomic mass is 9.44. The van der Waals surface area contributed by atoms with Crippen LogP contribution in [0.2, 0.25) is 0 Å². The second kappa shape index (κ2) is 16.4. The van der Waals surface area contributed by atoms with Crippen LogP contribution in [-0.2, 0) is 47.5 Å². The minimum absolute atomic E-state index is 0.0520. The van der Waals surface area contributed by atoms with E-state index in [1.54, 1.807) is 56.5 Å². The molecule has 2 aromatic rings. The molecule has 11 atom stereocenters. The first-order chi connectivity index (χ1) is 28.4. The number of alkyl carbamates (subject to hydrolysis) is 1. The van der Waals surface area contributed by atoms with Gasteiger partial charge in [-0.25, -0.2) is 19.2 Å². The molecule has 1 aromatic heterocycles. The molecule has 1 amide bonds. The van der Waals surface area contributed by atoms with Crippen LogP contribution >= 0.6 is 11.3 Å². The zero-order chi connectivity index (χ0) is 45.0. The highest BCUT2D eigenvalue weighted by Gasteiger charge is 2.78. The molecule has 2 heterocycles. The van der Waals surface area contributed by atoms with E-state index >= 15 is 4.79 Å². The highest BCUT2D eigenvalue weighted by atomic mass is 32.1. The molecule has 61 heavy (non-hydrogen) atoms. The van der Waals surface area contributed by atoms with Crippen molar-refractivity contribution >= 4 is 47.3 Å². The van der Waals surface area contributed by atoms with Gasteiger partial charge in [0.25, 0.3) is 0 Å². The molecule has 0 spiro atoms. The molecule has 3 aliphatic carbocycles. The molecule has 2 bridgehead atoms. The van der Waals surface area contributed by atoms with E-state index in [1.807, 2.05) is 0 Å². The van der Waals surface area contributed by atoms with Gasteiger partial charge in [0.2, 0.25) is 0 Å². The minimum atomic E-state index is -2.43. The Morgan fingerprint density at radius 1 is 1.00 bits per heavy atom. The number of amides is 1. The van der Waals surface area contributed by atoms with E-state index in [9.17, 15) is 39.3 Å². The number of Topliss-reactive ketones (excluding diaryl/α,β-unsaturated/α-hetero) is 1. The Morgan fingerprint density at radius 2 is 1.67 bits per heavy atom. The molecule has 3 fully saturated rings. The van der Waals surface area contributed by atoms with Crippen LogP contribution in [0, 0.1) is 16.7 Å². The molecule has 332 valence electrons. The van der Waals surface area contributed by atoms with Gasteiger partial charge in [0.1, 0.15) is 35.6 Å². The third kappa shape index (κ3) is 7.92. The molecule has 0 radical (unpaired) electrons. The van der Waals surface area contributed by atoms with E-state index in [1.165, 1.54) is 39.8 Å². The summed E-state index contributed by atoms with van der Waals surface area (Å²) < 4.78 is 40.3. The Morgan fingerprint density at radius 3 is 2.23 bits per heavy atom. The van der Waals surface area contributed by atoms with Crippen molar-refractivity contribution in [1.29, 1.82) is 0 Å². The van der Waals surface area contributed by atoms with Crippen LogP contribution in [0.4, 0.5) is 9.59 Å². The minimum Gasteiger partial charge on any atom is -0.456 e. The number of methoxy groups -OCH3 is 1. The van der Waals surface area contributed by atoms with Crippen molar-refractivity contribution in [2.75, 3.05) is 13.7 Å². The number of rotatable bonds is 9. The second-order valence-electron chi connectivity index (χ2n) is 17.7. The molecule has 17 nitrogen and oxygen atoms in total. The number of fused-ring (bicyclic) bond motifs is 5. The summed E-state index contributed by atoms with van der Waals surface area (Å²) in [4.78, 5) is 83.3. The normalized spacial score (nSPS) is 32.5. The van der Waals surface area contributed by atoms with Crippen molar-refractivity contribution in [3.8, 4) is 0 Å². The molecule has 1 aliphatic heterocycles. The molecular weight excluding hydrogens is 819 g/mol. The molecule has 4 N–H and O–H groups in total. The van der Waals surface area contributed by atoms with Gasteiger partial charge < -0.3 is 53.8 Å². The van der Waals surface area contributed by atoms with E-state index in [4.69, 9.17) is 33.2 Å². The molecule has 1 unspecified atom stereocenters. The Kier molecular flexibility index (Phi) is 12.3. The molecule has 4 aliphatic rings. The van der Waals surface area contributed by atoms with Crippen LogP contribution in [0.1, 0.15) is 89.5 Å². The molecule has 1 aromatic carbocycles. The fourth-order valence-electron chi connectivity index (χ4n) is 9.55. The zero-order valence-electron chi connectivity index (χ0n) is 35.4. The fourth-order valence-corrected chi connectivity index (χ4v) is 10.4. The largest absolute Gasteiger partial charge is 0.509 e. The van der Waals surface area contributed by atoms with Crippen molar-refractivity contribution in [3.63, 3.8) is 0 Å². The van der Waals surface area contributed by atoms with Crippen LogP contribution < -0.4 is 5.32 Å². The first-order valence-electron chi connectivity index (χ1n) is 19.8. The summed E-state index contributed by atoms with van der Waals surface area (Å²) in [5, 5.41) is 41.5. The molecule has 2 saturated carbocycles. The third-order valence-electron chi connectivity index (χ3n) is 12.6. The highest BCUT2D eigenvalue weighted by molar-refractivity contribution is 7.10. The van der Waals surface area contributed by atoms with Crippen molar-refractivity contribution in [2.24, 2.45) is 16.7 Å². The van der Waals surface area contributed by atoms with Crippen LogP contribution in [-0.4, -0.2) is 118 Å². The monoisotopic (exact) mass is 871 g/mol. The SMILES string of the molecule is COC(=O)O[C@H]1C(=O)[C@@]2(C)C([C@H](OC(=O)c3ccccc3)[C@]3(O)C[C@H](OC(=O)[C@H](O)[C@@H](NC(=O)OC(C)(C)C)c4cccs4)C(C)=C1C3(C)C)[C@]1(OC(C)=O)CO[C@@H]1C[C@@H]2O. The predicted octanol–water partition coefficient (Wildman–Crippen LogP) is 4.11. The summed E-state index contributed by atoms with van der Waals surface area (Å²) in [5.41, 5.74) is -8.90. The van der Waals surface area contributed by atoms with Gasteiger partial charge in [-0.05, 0) is 69.3 Å². The summed E-state index contributed by atoms with van der Waals surface area (Å²) in [6, 6.07) is 9.64. The lowest BCUT2D eigenvalue weighted by molar-refractivity contribution is -0.346. The molecule has 6 rings (SSSR count). The quantitative estimate of drug-likeness (QED) is 0.158. The molecule has 18 heteroatoms. The van der Waals surface area contributed by atoms with Gasteiger partial charge in [-0.2, -0.15) is 0 Å². The summed E-state index contributed by atoms with van der Waals surface area (Å²) in [6.45, 7) is 11.6. The van der Waals surface area contributed by atoms with E-state index < -0.39 is 119 Å². The Labute approximate surface area is 356 Å². The van der Waals surface area contributed by atoms with Gasteiger partial charge in [-0.3, -0.25) is 9.59 Å². The van der Waals surface area contributed by atoms with Crippen molar-refractivity contribution in [3.05, 3.63) is 69.4 Å². The summed E-state index contributed by atoms with van der Waals surface area (Å²) in [5.74, 6) is -5.55. The van der Waals surface area contributed by atoms with Crippen LogP contribution in [0.5, 0.6) is 0 Å². The maximum Gasteiger partial charge on any atom is 0.509 e. The first-order valence-corrected chi connectivity index (χ1v) is 20.7. The van der Waals surface area contributed by atoms with E-state index in [2.05, 4.69) is 5.32 Å². The Hall–Kier alpha value is -4.88. The number of ether oxygens (including phenoxy) is 7. The number of carbonyl (C=O) groups excluding carboxylic acids is 6. The number of aliphatic hydroxyl groups is 3. The number of esters is 3. The average Bonchev–Trinajstić information content (AvgIpc) is 3.72. The number of aliphatic hydroxyl groups excluding tert-OH is 2. The van der Waals surface area contributed by atoms with E-state index in [0.29, 0.717) is 4.88 Å². The maximum absolute atomic E-state index is 15.5. The Balaban J connectivity index is 1.54. The van der Waals surface area contributed by atoms with E-state index in [-0.39, 0.29) is 29.7 Å². The summed E-state index contributed by atoms with van der Waals surface area (Å²) in [6.07, 6.45) is -13.1. The van der Waals surface area contributed by atoms with Gasteiger partial charge in [-0.15, -0.1) is 11.3 Å². The summed E-state index contributed by atoms with van der Waals surface area (Å²) in [7, 11) is 1.02. The molecule has 1 saturated heterocycles. The van der Waals surface area contributed by atoms with Gasteiger partial charge in [0.15, 0.2) is 23.6 Å². The summed E-state index contributed by atoms with van der Waals surface area (Å²) >= 11 is 1.13. The number of hydrogen-bond donors (Lipinski definition) is 4. The maximum atomic E-state index is 15.5. The van der Waals surface area contributed by atoms with Gasteiger partial charge in [0.05, 0.1) is 36.7 Å². The van der Waals surface area contributed by atoms with Crippen molar-refractivity contribution in [2.45, 2.75) is 128 Å². The molecular formula is C43H53NO16S. The van der Waals surface area contributed by atoms with Crippen LogP contribution in [0.15, 0.2) is 59.0 Å². The number of benzene rings is 1. The van der Waals surface area contributed by atoms with Crippen LogP contribution in [0.3, 0.4) is 0 Å². The fraction of sp³-hybridized carbons (Fsp3) is 0.581. The standard InChI is InChI=1S/C43H53NO16S/c1-21-24(56-36(50)30(47)29(25-16-13-17-61-25)44-37(51)60-39(3,4)5)19-43(53)34(58-35(49)23-14-11-10-12-15-23)32-41(8,26(46)18-27-42(32,20-55-27)59-22(2)45)33(48)31(57-38(52)54-9)28(21)40(43,6)7/h10-17,24,26-27,29-32,34,46-47,53H,18-20H2,1-9H3,(H,44,51)/t24-,26-,27+,29-,30+,31+,32?,34-,41+,42-,43+/m0/s1. The number of nitrogens with one attached hydrogen (secondary N) is 1. The van der Waals surface area contributed by atoms with Gasteiger partial charge >= 0.3 is 30.2 Å². The Bertz CT molecular complexity index is 2080.